The van der Waals surface area contributed by atoms with Crippen LogP contribution in [0.4, 0.5) is 22.0 Å². The predicted octanol–water partition coefficient (Wildman–Crippen LogP) is 5.42. The largest absolute Gasteiger partial charge is 0.458 e. The molecule has 0 atom stereocenters. The molecular formula is C24H20F5N5O2S. The van der Waals surface area contributed by atoms with Gasteiger partial charge in [0.1, 0.15) is 11.2 Å². The lowest BCUT2D eigenvalue weighted by atomic mass is 10.1. The Kier molecular flexibility index (Phi) is 5.81. The number of nitrogens with zero attached hydrogens (tertiary/aromatic N) is 5. The highest BCUT2D eigenvalue weighted by molar-refractivity contribution is 7.91. The quantitative estimate of drug-likeness (QED) is 0.305. The summed E-state index contributed by atoms with van der Waals surface area (Å²) in [5, 5.41) is 0. The maximum absolute atomic E-state index is 13.9. The molecule has 4 aromatic rings. The van der Waals surface area contributed by atoms with Gasteiger partial charge >= 0.3 is 12.1 Å². The van der Waals surface area contributed by atoms with Crippen LogP contribution in [-0.2, 0) is 22.8 Å². The number of hydrogen-bond donors (Lipinski definition) is 0. The first-order valence-corrected chi connectivity index (χ1v) is 13.0. The molecule has 0 N–H and O–H groups in total. The summed E-state index contributed by atoms with van der Waals surface area (Å²) < 4.78 is 93.6. The number of hydrogen-bond acceptors (Lipinski definition) is 6. The zero-order chi connectivity index (χ0) is 26.8. The van der Waals surface area contributed by atoms with Crippen LogP contribution in [0.2, 0.25) is 0 Å². The Morgan fingerprint density at radius 3 is 2.32 bits per heavy atom. The lowest BCUT2D eigenvalue weighted by molar-refractivity contribution is -0.289. The molecule has 194 valence electrons. The second kappa shape index (κ2) is 8.54. The number of aryl methyl sites for hydroxylation is 1. The predicted molar refractivity (Wildman–Crippen MR) is 125 cm³/mol. The monoisotopic (exact) mass is 537 g/mol. The third-order valence-electron chi connectivity index (χ3n) is 6.34. The Morgan fingerprint density at radius 2 is 1.73 bits per heavy atom. The molecule has 0 aromatic carbocycles. The molecule has 1 saturated carbocycles. The zero-order valence-corrected chi connectivity index (χ0v) is 20.4. The summed E-state index contributed by atoms with van der Waals surface area (Å²) in [7, 11) is -2.42. The van der Waals surface area contributed by atoms with E-state index in [0.29, 0.717) is 29.4 Å². The fraction of sp³-hybridized carbons (Fsp3) is 0.333. The number of sulfone groups is 1. The molecule has 5 rings (SSSR count). The van der Waals surface area contributed by atoms with Gasteiger partial charge in [0.05, 0.1) is 21.9 Å². The molecule has 37 heavy (non-hydrogen) atoms. The van der Waals surface area contributed by atoms with Crippen LogP contribution < -0.4 is 0 Å². The van der Waals surface area contributed by atoms with Gasteiger partial charge in [0.2, 0.25) is 0 Å². The van der Waals surface area contributed by atoms with Crippen molar-refractivity contribution in [2.45, 2.75) is 42.7 Å². The number of imidazole rings is 1. The van der Waals surface area contributed by atoms with Crippen LogP contribution in [0.1, 0.15) is 36.8 Å². The molecule has 0 amide bonds. The van der Waals surface area contributed by atoms with Crippen molar-refractivity contribution in [3.63, 3.8) is 0 Å². The first-order valence-electron chi connectivity index (χ1n) is 11.3. The molecule has 4 aromatic heterocycles. The van der Waals surface area contributed by atoms with Crippen LogP contribution in [0.3, 0.4) is 0 Å². The SMILES string of the molecule is CCS(=O)(=O)c1cc(-c2ccc(C3CC3)cn2)cnc1-c1nc2cc(C(F)(F)C(F)(F)F)cnc2n1C. The van der Waals surface area contributed by atoms with Gasteiger partial charge in [0, 0.05) is 31.2 Å². The zero-order valence-electron chi connectivity index (χ0n) is 19.6. The molecule has 1 aliphatic rings. The van der Waals surface area contributed by atoms with Gasteiger partial charge in [-0.05, 0) is 42.5 Å². The minimum Gasteiger partial charge on any atom is -0.310 e. The number of fused-ring (bicyclic) bond motifs is 1. The summed E-state index contributed by atoms with van der Waals surface area (Å²) in [4.78, 5) is 16.5. The summed E-state index contributed by atoms with van der Waals surface area (Å²) in [5.41, 5.74) is 0.343. The van der Waals surface area contributed by atoms with E-state index in [0.717, 1.165) is 18.4 Å². The third-order valence-corrected chi connectivity index (χ3v) is 8.08. The lowest BCUT2D eigenvalue weighted by Crippen LogP contribution is -2.33. The Bertz CT molecular complexity index is 1610. The van der Waals surface area contributed by atoms with Gasteiger partial charge in [0.15, 0.2) is 21.3 Å². The number of halogens is 5. The van der Waals surface area contributed by atoms with E-state index >= 15 is 0 Å². The van der Waals surface area contributed by atoms with Crippen LogP contribution in [0.5, 0.6) is 0 Å². The molecule has 0 spiro atoms. The molecule has 13 heteroatoms. The summed E-state index contributed by atoms with van der Waals surface area (Å²) in [6, 6.07) is 5.73. The van der Waals surface area contributed by atoms with Crippen molar-refractivity contribution in [3.05, 3.63) is 54.0 Å². The van der Waals surface area contributed by atoms with E-state index in [4.69, 9.17) is 0 Å². The molecule has 4 heterocycles. The molecule has 0 bridgehead atoms. The topological polar surface area (TPSA) is 90.6 Å². The van der Waals surface area contributed by atoms with E-state index in [1.165, 1.54) is 30.8 Å². The summed E-state index contributed by atoms with van der Waals surface area (Å²) >= 11 is 0. The van der Waals surface area contributed by atoms with Gasteiger partial charge in [-0.2, -0.15) is 22.0 Å². The molecule has 0 aliphatic heterocycles. The summed E-state index contributed by atoms with van der Waals surface area (Å²) in [5.74, 6) is -4.94. The van der Waals surface area contributed by atoms with Crippen molar-refractivity contribution in [1.29, 1.82) is 0 Å². The number of aromatic nitrogens is 5. The maximum atomic E-state index is 13.9. The van der Waals surface area contributed by atoms with Crippen LogP contribution in [-0.4, -0.2) is 44.8 Å². The van der Waals surface area contributed by atoms with Crippen molar-refractivity contribution < 1.29 is 30.4 Å². The molecule has 1 fully saturated rings. The minimum atomic E-state index is -5.81. The first-order chi connectivity index (χ1) is 17.3. The number of rotatable bonds is 6. The van der Waals surface area contributed by atoms with Crippen molar-refractivity contribution in [2.75, 3.05) is 5.75 Å². The maximum Gasteiger partial charge on any atom is 0.458 e. The van der Waals surface area contributed by atoms with Crippen LogP contribution in [0.15, 0.2) is 47.8 Å². The van der Waals surface area contributed by atoms with E-state index in [1.54, 1.807) is 12.3 Å². The average Bonchev–Trinajstić information content (AvgIpc) is 3.66. The van der Waals surface area contributed by atoms with Crippen molar-refractivity contribution in [1.82, 2.24) is 24.5 Å². The standard InChI is InChI=1S/C24H20F5N5O2S/c1-3-37(35,36)19-8-15(17-7-6-14(10-30-17)13-4-5-13)11-31-20(19)22-33-18-9-16(12-32-21(18)34(22)2)23(25,26)24(27,28)29/h6-13H,3-5H2,1-2H3. The first kappa shape index (κ1) is 25.2. The van der Waals surface area contributed by atoms with Crippen molar-refractivity contribution in [2.24, 2.45) is 7.05 Å². The molecule has 0 unspecified atom stereocenters. The van der Waals surface area contributed by atoms with Gasteiger partial charge in [0.25, 0.3) is 0 Å². The Balaban J connectivity index is 1.63. The summed E-state index contributed by atoms with van der Waals surface area (Å²) in [6.45, 7) is 1.45. The van der Waals surface area contributed by atoms with E-state index in [-0.39, 0.29) is 33.3 Å². The highest BCUT2D eigenvalue weighted by Gasteiger charge is 2.59. The molecule has 1 aliphatic carbocycles. The lowest BCUT2D eigenvalue weighted by Gasteiger charge is -2.19. The fourth-order valence-electron chi connectivity index (χ4n) is 4.00. The second-order valence-electron chi connectivity index (χ2n) is 8.86. The molecule has 0 radical (unpaired) electrons. The van der Waals surface area contributed by atoms with Crippen molar-refractivity contribution in [3.8, 4) is 22.8 Å². The number of alkyl halides is 5. The van der Waals surface area contributed by atoms with Gasteiger partial charge in [-0.1, -0.05) is 13.0 Å². The Morgan fingerprint density at radius 1 is 1.00 bits per heavy atom. The van der Waals surface area contributed by atoms with Gasteiger partial charge in [-0.15, -0.1) is 0 Å². The third kappa shape index (κ3) is 4.34. The molecular weight excluding hydrogens is 517 g/mol. The second-order valence-corrected chi connectivity index (χ2v) is 11.1. The Hall–Kier alpha value is -3.48. The Labute approximate surface area is 208 Å². The minimum absolute atomic E-state index is 0.0141. The average molecular weight is 538 g/mol. The van der Waals surface area contributed by atoms with Crippen LogP contribution in [0, 0.1) is 0 Å². The van der Waals surface area contributed by atoms with E-state index in [1.807, 2.05) is 6.07 Å². The molecule has 0 saturated heterocycles. The van der Waals surface area contributed by atoms with Crippen LogP contribution >= 0.6 is 0 Å². The smallest absolute Gasteiger partial charge is 0.310 e. The van der Waals surface area contributed by atoms with Gasteiger partial charge < -0.3 is 4.57 Å². The van der Waals surface area contributed by atoms with Gasteiger partial charge in [-0.25, -0.2) is 18.4 Å². The highest BCUT2D eigenvalue weighted by Crippen LogP contribution is 2.44. The van der Waals surface area contributed by atoms with E-state index in [2.05, 4.69) is 19.9 Å². The van der Waals surface area contributed by atoms with Crippen molar-refractivity contribution >= 4 is 21.0 Å². The number of pyridine rings is 3. The summed E-state index contributed by atoms with van der Waals surface area (Å²) in [6.07, 6.45) is -0.000614. The van der Waals surface area contributed by atoms with E-state index in [9.17, 15) is 30.4 Å². The fourth-order valence-corrected chi connectivity index (χ4v) is 5.06. The van der Waals surface area contributed by atoms with Gasteiger partial charge in [-0.3, -0.25) is 9.97 Å². The molecule has 7 nitrogen and oxygen atoms in total. The normalized spacial score (nSPS) is 14.9. The van der Waals surface area contributed by atoms with E-state index < -0.39 is 27.5 Å². The van der Waals surface area contributed by atoms with Crippen LogP contribution in [0.25, 0.3) is 33.9 Å². The highest BCUT2D eigenvalue weighted by atomic mass is 32.2.